The number of nitrogens with zero attached hydrogens (tertiary/aromatic N) is 1. The monoisotopic (exact) mass is 456 g/mol. The molecule has 0 radical (unpaired) electrons. The van der Waals surface area contributed by atoms with E-state index in [1.165, 1.54) is 4.90 Å². The van der Waals surface area contributed by atoms with E-state index in [1.54, 1.807) is 38.5 Å². The van der Waals surface area contributed by atoms with Gasteiger partial charge in [-0.3, -0.25) is 9.59 Å². The molecule has 3 aromatic rings. The fourth-order valence-electron chi connectivity index (χ4n) is 3.97. The van der Waals surface area contributed by atoms with Crippen LogP contribution in [0, 0.1) is 6.92 Å². The van der Waals surface area contributed by atoms with Gasteiger partial charge in [-0.15, -0.1) is 0 Å². The highest BCUT2D eigenvalue weighted by atomic mass is 16.5. The first-order chi connectivity index (χ1) is 16.3. The summed E-state index contributed by atoms with van der Waals surface area (Å²) in [5.74, 6) is 0.778. The van der Waals surface area contributed by atoms with Gasteiger partial charge in [0.25, 0.3) is 11.8 Å². The predicted molar refractivity (Wildman–Crippen MR) is 134 cm³/mol. The van der Waals surface area contributed by atoms with Crippen molar-refractivity contribution < 1.29 is 19.1 Å². The molecule has 4 rings (SSSR count). The summed E-state index contributed by atoms with van der Waals surface area (Å²) in [6.07, 6.45) is 0. The van der Waals surface area contributed by atoms with E-state index in [0.717, 1.165) is 11.1 Å². The van der Waals surface area contributed by atoms with E-state index in [1.807, 2.05) is 49.4 Å². The van der Waals surface area contributed by atoms with Crippen LogP contribution < -0.4 is 19.7 Å². The Bertz CT molecular complexity index is 1260. The highest BCUT2D eigenvalue weighted by Gasteiger charge is 2.40. The lowest BCUT2D eigenvalue weighted by atomic mass is 10.0. The van der Waals surface area contributed by atoms with Crippen LogP contribution in [-0.2, 0) is 9.59 Å². The third-order valence-corrected chi connectivity index (χ3v) is 5.90. The zero-order valence-corrected chi connectivity index (χ0v) is 20.0. The van der Waals surface area contributed by atoms with Crippen molar-refractivity contribution >= 4 is 28.8 Å². The number of aryl methyl sites for hydroxylation is 1. The number of rotatable bonds is 7. The molecule has 6 heteroatoms. The van der Waals surface area contributed by atoms with Crippen LogP contribution in [0.5, 0.6) is 11.5 Å². The number of ether oxygens (including phenoxy) is 2. The van der Waals surface area contributed by atoms with E-state index in [9.17, 15) is 9.59 Å². The molecular formula is C28H28N2O4. The zero-order chi connectivity index (χ0) is 24.4. The maximum absolute atomic E-state index is 13.7. The molecule has 0 unspecified atom stereocenters. The fourth-order valence-corrected chi connectivity index (χ4v) is 3.97. The van der Waals surface area contributed by atoms with Crippen LogP contribution in [0.15, 0.2) is 72.4 Å². The third-order valence-electron chi connectivity index (χ3n) is 5.90. The molecule has 0 fully saturated rings. The average molecular weight is 457 g/mol. The van der Waals surface area contributed by atoms with Crippen molar-refractivity contribution in [2.45, 2.75) is 26.7 Å². The molecule has 1 aliphatic rings. The number of hydrogen-bond donors (Lipinski definition) is 1. The first-order valence-corrected chi connectivity index (χ1v) is 11.1. The summed E-state index contributed by atoms with van der Waals surface area (Å²) in [4.78, 5) is 28.5. The van der Waals surface area contributed by atoms with Gasteiger partial charge >= 0.3 is 0 Å². The van der Waals surface area contributed by atoms with Gasteiger partial charge < -0.3 is 14.8 Å². The molecule has 6 nitrogen and oxygen atoms in total. The molecule has 0 atom stereocenters. The van der Waals surface area contributed by atoms with Gasteiger partial charge in [0, 0.05) is 0 Å². The van der Waals surface area contributed by atoms with Gasteiger partial charge in [-0.25, -0.2) is 4.90 Å². The van der Waals surface area contributed by atoms with Gasteiger partial charge in [0.15, 0.2) is 0 Å². The van der Waals surface area contributed by atoms with Gasteiger partial charge in [0.2, 0.25) is 0 Å². The van der Waals surface area contributed by atoms with E-state index in [-0.39, 0.29) is 11.6 Å². The largest absolute Gasteiger partial charge is 0.497 e. The molecule has 0 aromatic heterocycles. The highest BCUT2D eigenvalue weighted by molar-refractivity contribution is 6.46. The Morgan fingerprint density at radius 1 is 0.824 bits per heavy atom. The normalized spacial score (nSPS) is 13.6. The molecule has 1 aliphatic heterocycles. The average Bonchev–Trinajstić information content (AvgIpc) is 3.08. The number of amides is 2. The second kappa shape index (κ2) is 9.43. The summed E-state index contributed by atoms with van der Waals surface area (Å²) in [6.45, 7) is 6.15. The SMILES string of the molecule is COc1ccc(C2=C(Nc3cc(C)ccc3OC)C(=O)N(c3ccc(C(C)C)cc3)C2=O)cc1. The second-order valence-electron chi connectivity index (χ2n) is 8.50. The first kappa shape index (κ1) is 23.1. The number of methoxy groups -OCH3 is 2. The maximum Gasteiger partial charge on any atom is 0.282 e. The lowest BCUT2D eigenvalue weighted by Crippen LogP contribution is -2.32. The minimum Gasteiger partial charge on any atom is -0.497 e. The summed E-state index contributed by atoms with van der Waals surface area (Å²) >= 11 is 0. The standard InChI is InChI=1S/C28H28N2O4/c1-17(2)19-7-11-21(12-8-19)30-27(31)25(20-9-13-22(33-4)14-10-20)26(28(30)32)29-23-16-18(3)6-15-24(23)34-5/h6-17,29H,1-5H3. The Labute approximate surface area is 199 Å². The molecule has 2 amide bonds. The molecule has 0 saturated heterocycles. The maximum atomic E-state index is 13.7. The van der Waals surface area contributed by atoms with Crippen molar-refractivity contribution in [2.24, 2.45) is 0 Å². The van der Waals surface area contributed by atoms with E-state index >= 15 is 0 Å². The lowest BCUT2D eigenvalue weighted by molar-refractivity contribution is -0.120. The molecule has 3 aromatic carbocycles. The summed E-state index contributed by atoms with van der Waals surface area (Å²) in [5.41, 5.74) is 4.38. The Hall–Kier alpha value is -4.06. The van der Waals surface area contributed by atoms with Crippen LogP contribution in [0.3, 0.4) is 0 Å². The highest BCUT2D eigenvalue weighted by Crippen LogP contribution is 2.36. The number of anilines is 2. The lowest BCUT2D eigenvalue weighted by Gasteiger charge is -2.17. The molecule has 1 N–H and O–H groups in total. The fraction of sp³-hybridized carbons (Fsp3) is 0.214. The van der Waals surface area contributed by atoms with Crippen LogP contribution in [-0.4, -0.2) is 26.0 Å². The first-order valence-electron chi connectivity index (χ1n) is 11.1. The van der Waals surface area contributed by atoms with Crippen LogP contribution in [0.25, 0.3) is 5.57 Å². The van der Waals surface area contributed by atoms with Crippen molar-refractivity contribution in [1.29, 1.82) is 0 Å². The minimum atomic E-state index is -0.420. The predicted octanol–water partition coefficient (Wildman–Crippen LogP) is 5.53. The van der Waals surface area contributed by atoms with Gasteiger partial charge in [-0.05, 0) is 65.9 Å². The minimum absolute atomic E-state index is 0.201. The molecule has 34 heavy (non-hydrogen) atoms. The van der Waals surface area contributed by atoms with E-state index in [0.29, 0.717) is 39.9 Å². The summed E-state index contributed by atoms with van der Waals surface area (Å²) in [6, 6.07) is 20.2. The Morgan fingerprint density at radius 2 is 1.50 bits per heavy atom. The summed E-state index contributed by atoms with van der Waals surface area (Å²) in [5, 5.41) is 3.20. The van der Waals surface area contributed by atoms with E-state index < -0.39 is 5.91 Å². The smallest absolute Gasteiger partial charge is 0.282 e. The van der Waals surface area contributed by atoms with Crippen molar-refractivity contribution in [3.05, 3.63) is 89.1 Å². The number of hydrogen-bond acceptors (Lipinski definition) is 5. The molecule has 0 bridgehead atoms. The Morgan fingerprint density at radius 3 is 2.09 bits per heavy atom. The molecular weight excluding hydrogens is 428 g/mol. The van der Waals surface area contributed by atoms with Crippen LogP contribution in [0.1, 0.15) is 36.5 Å². The van der Waals surface area contributed by atoms with Crippen molar-refractivity contribution in [1.82, 2.24) is 0 Å². The van der Waals surface area contributed by atoms with Gasteiger partial charge in [-0.1, -0.05) is 44.2 Å². The molecule has 1 heterocycles. The number of benzene rings is 3. The van der Waals surface area contributed by atoms with E-state index in [2.05, 4.69) is 19.2 Å². The van der Waals surface area contributed by atoms with Crippen molar-refractivity contribution in [2.75, 3.05) is 24.4 Å². The Kier molecular flexibility index (Phi) is 6.41. The summed E-state index contributed by atoms with van der Waals surface area (Å²) in [7, 11) is 3.15. The quantitative estimate of drug-likeness (QED) is 0.473. The number of imide groups is 1. The van der Waals surface area contributed by atoms with Crippen LogP contribution in [0.4, 0.5) is 11.4 Å². The zero-order valence-electron chi connectivity index (χ0n) is 20.0. The molecule has 0 aliphatic carbocycles. The molecule has 174 valence electrons. The number of nitrogens with one attached hydrogen (secondary N) is 1. The van der Waals surface area contributed by atoms with Crippen molar-refractivity contribution in [3.8, 4) is 11.5 Å². The number of carbonyl (C=O) groups is 2. The van der Waals surface area contributed by atoms with Gasteiger partial charge in [0.1, 0.15) is 17.2 Å². The van der Waals surface area contributed by atoms with Gasteiger partial charge in [-0.2, -0.15) is 0 Å². The summed E-state index contributed by atoms with van der Waals surface area (Å²) < 4.78 is 10.7. The van der Waals surface area contributed by atoms with Crippen molar-refractivity contribution in [3.63, 3.8) is 0 Å². The van der Waals surface area contributed by atoms with Crippen LogP contribution >= 0.6 is 0 Å². The van der Waals surface area contributed by atoms with Gasteiger partial charge in [0.05, 0.1) is 31.2 Å². The van der Waals surface area contributed by atoms with Crippen LogP contribution in [0.2, 0.25) is 0 Å². The molecule has 0 saturated carbocycles. The molecule has 0 spiro atoms. The van der Waals surface area contributed by atoms with E-state index in [4.69, 9.17) is 9.47 Å². The second-order valence-corrected chi connectivity index (χ2v) is 8.50. The third kappa shape index (κ3) is 4.27. The topological polar surface area (TPSA) is 67.9 Å². The number of carbonyl (C=O) groups excluding carboxylic acids is 2. The Balaban J connectivity index is 1.81.